The molecule has 120 valence electrons. The van der Waals surface area contributed by atoms with Gasteiger partial charge in [-0.3, -0.25) is 14.6 Å². The van der Waals surface area contributed by atoms with E-state index in [1.54, 1.807) is 23.5 Å². The normalized spacial score (nSPS) is 17.1. The van der Waals surface area contributed by atoms with Crippen molar-refractivity contribution in [3.05, 3.63) is 67.1 Å². The molecule has 1 aliphatic heterocycles. The SMILES string of the molecule is O=C1O[C@@H](Cn2nccc2-c2ccncc2)CN1c1ccccc1. The third kappa shape index (κ3) is 2.74. The van der Waals surface area contributed by atoms with Crippen molar-refractivity contribution in [3.63, 3.8) is 0 Å². The van der Waals surface area contributed by atoms with E-state index in [1.165, 1.54) is 0 Å². The number of rotatable bonds is 4. The highest BCUT2D eigenvalue weighted by atomic mass is 16.6. The van der Waals surface area contributed by atoms with Crippen molar-refractivity contribution in [3.8, 4) is 11.3 Å². The van der Waals surface area contributed by atoms with Gasteiger partial charge in [0.1, 0.15) is 6.10 Å². The standard InChI is InChI=1S/C18H16N4O2/c23-18-21(15-4-2-1-3-5-15)12-16(24-18)13-22-17(8-11-20-22)14-6-9-19-10-7-14/h1-11,16H,12-13H2/t16-/m1/s1. The number of benzene rings is 1. The third-order valence-electron chi connectivity index (χ3n) is 4.01. The summed E-state index contributed by atoms with van der Waals surface area (Å²) in [5.41, 5.74) is 2.86. The fraction of sp³-hybridized carbons (Fsp3) is 0.167. The first-order valence-electron chi connectivity index (χ1n) is 7.77. The lowest BCUT2D eigenvalue weighted by Crippen LogP contribution is -2.26. The van der Waals surface area contributed by atoms with E-state index in [2.05, 4.69) is 10.1 Å². The molecule has 1 fully saturated rings. The largest absolute Gasteiger partial charge is 0.442 e. The zero-order valence-electron chi connectivity index (χ0n) is 12.9. The van der Waals surface area contributed by atoms with E-state index in [4.69, 9.17) is 4.74 Å². The van der Waals surface area contributed by atoms with Crippen molar-refractivity contribution in [2.45, 2.75) is 12.6 Å². The zero-order valence-corrected chi connectivity index (χ0v) is 12.9. The molecule has 3 heterocycles. The van der Waals surface area contributed by atoms with E-state index in [9.17, 15) is 4.79 Å². The van der Waals surface area contributed by atoms with Gasteiger partial charge < -0.3 is 4.74 Å². The first-order valence-corrected chi connectivity index (χ1v) is 7.77. The molecule has 2 aromatic heterocycles. The summed E-state index contributed by atoms with van der Waals surface area (Å²) < 4.78 is 7.37. The van der Waals surface area contributed by atoms with Gasteiger partial charge in [0.2, 0.25) is 0 Å². The summed E-state index contributed by atoms with van der Waals surface area (Å²) in [5.74, 6) is 0. The van der Waals surface area contributed by atoms with Crippen LogP contribution >= 0.6 is 0 Å². The molecule has 1 aliphatic rings. The molecular weight excluding hydrogens is 304 g/mol. The van der Waals surface area contributed by atoms with E-state index in [0.717, 1.165) is 16.9 Å². The van der Waals surface area contributed by atoms with Crippen molar-refractivity contribution in [2.75, 3.05) is 11.4 Å². The molecule has 0 aliphatic carbocycles. The Morgan fingerprint density at radius 3 is 2.62 bits per heavy atom. The van der Waals surface area contributed by atoms with Crippen molar-refractivity contribution in [1.82, 2.24) is 14.8 Å². The highest BCUT2D eigenvalue weighted by molar-refractivity contribution is 5.89. The topological polar surface area (TPSA) is 60.3 Å². The number of carbonyl (C=O) groups excluding carboxylic acids is 1. The lowest BCUT2D eigenvalue weighted by Gasteiger charge is -2.13. The Morgan fingerprint density at radius 2 is 1.83 bits per heavy atom. The van der Waals surface area contributed by atoms with Crippen molar-refractivity contribution < 1.29 is 9.53 Å². The maximum Gasteiger partial charge on any atom is 0.414 e. The van der Waals surface area contributed by atoms with Gasteiger partial charge >= 0.3 is 6.09 Å². The second kappa shape index (κ2) is 6.16. The number of anilines is 1. The van der Waals surface area contributed by atoms with Gasteiger partial charge in [-0.25, -0.2) is 4.79 Å². The summed E-state index contributed by atoms with van der Waals surface area (Å²) in [6, 6.07) is 15.4. The fourth-order valence-electron chi connectivity index (χ4n) is 2.87. The maximum absolute atomic E-state index is 12.1. The van der Waals surface area contributed by atoms with Crippen LogP contribution in [0.1, 0.15) is 0 Å². The Hall–Kier alpha value is -3.15. The lowest BCUT2D eigenvalue weighted by molar-refractivity contribution is 0.130. The maximum atomic E-state index is 12.1. The van der Waals surface area contributed by atoms with Gasteiger partial charge in [0.15, 0.2) is 0 Å². The first kappa shape index (κ1) is 14.4. The van der Waals surface area contributed by atoms with Crippen LogP contribution in [0.2, 0.25) is 0 Å². The summed E-state index contributed by atoms with van der Waals surface area (Å²) in [6.07, 6.45) is 4.70. The molecule has 24 heavy (non-hydrogen) atoms. The summed E-state index contributed by atoms with van der Waals surface area (Å²) in [7, 11) is 0. The van der Waals surface area contributed by atoms with Crippen LogP contribution in [0.15, 0.2) is 67.1 Å². The highest BCUT2D eigenvalue weighted by Crippen LogP contribution is 2.23. The molecule has 1 aromatic carbocycles. The zero-order chi connectivity index (χ0) is 16.4. The van der Waals surface area contributed by atoms with Crippen LogP contribution in [0.5, 0.6) is 0 Å². The second-order valence-corrected chi connectivity index (χ2v) is 5.59. The minimum atomic E-state index is -0.316. The van der Waals surface area contributed by atoms with Crippen LogP contribution in [-0.4, -0.2) is 33.5 Å². The number of hydrogen-bond donors (Lipinski definition) is 0. The van der Waals surface area contributed by atoms with E-state index in [0.29, 0.717) is 13.1 Å². The Bertz CT molecular complexity index is 832. The molecule has 1 atom stereocenters. The molecule has 4 rings (SSSR count). The van der Waals surface area contributed by atoms with Crippen LogP contribution in [-0.2, 0) is 11.3 Å². The van der Waals surface area contributed by atoms with Gasteiger partial charge in [0.05, 0.1) is 18.8 Å². The molecule has 3 aromatic rings. The van der Waals surface area contributed by atoms with Crippen molar-refractivity contribution in [1.29, 1.82) is 0 Å². The van der Waals surface area contributed by atoms with Crippen LogP contribution in [0.3, 0.4) is 0 Å². The number of amides is 1. The molecule has 0 N–H and O–H groups in total. The molecule has 1 saturated heterocycles. The predicted molar refractivity (Wildman–Crippen MR) is 89.5 cm³/mol. The Balaban J connectivity index is 1.52. The molecule has 0 spiro atoms. The summed E-state index contributed by atoms with van der Waals surface area (Å²) >= 11 is 0. The van der Waals surface area contributed by atoms with Gasteiger partial charge in [-0.1, -0.05) is 18.2 Å². The number of para-hydroxylation sites is 1. The summed E-state index contributed by atoms with van der Waals surface area (Å²) in [4.78, 5) is 17.8. The quantitative estimate of drug-likeness (QED) is 0.741. The molecule has 0 radical (unpaired) electrons. The Morgan fingerprint density at radius 1 is 1.04 bits per heavy atom. The monoisotopic (exact) mass is 320 g/mol. The van der Waals surface area contributed by atoms with Gasteiger partial charge in [-0.2, -0.15) is 5.10 Å². The molecular formula is C18H16N4O2. The van der Waals surface area contributed by atoms with Gasteiger partial charge in [-0.15, -0.1) is 0 Å². The first-order chi connectivity index (χ1) is 11.8. The van der Waals surface area contributed by atoms with Gasteiger partial charge in [0, 0.05) is 29.8 Å². The average molecular weight is 320 g/mol. The molecule has 0 unspecified atom stereocenters. The third-order valence-corrected chi connectivity index (χ3v) is 4.01. The molecule has 1 amide bonds. The predicted octanol–water partition coefficient (Wildman–Crippen LogP) is 2.97. The minimum absolute atomic E-state index is 0.238. The number of aromatic nitrogens is 3. The summed E-state index contributed by atoms with van der Waals surface area (Å²) in [6.45, 7) is 1.03. The average Bonchev–Trinajstić information content (AvgIpc) is 3.23. The molecule has 0 saturated carbocycles. The van der Waals surface area contributed by atoms with Crippen molar-refractivity contribution >= 4 is 11.8 Å². The molecule has 6 heteroatoms. The minimum Gasteiger partial charge on any atom is -0.442 e. The second-order valence-electron chi connectivity index (χ2n) is 5.59. The van der Waals surface area contributed by atoms with E-state index in [1.807, 2.05) is 53.2 Å². The van der Waals surface area contributed by atoms with E-state index >= 15 is 0 Å². The van der Waals surface area contributed by atoms with E-state index in [-0.39, 0.29) is 12.2 Å². The van der Waals surface area contributed by atoms with Gasteiger partial charge in [-0.05, 0) is 30.3 Å². The molecule has 0 bridgehead atoms. The number of pyridine rings is 1. The highest BCUT2D eigenvalue weighted by Gasteiger charge is 2.32. The van der Waals surface area contributed by atoms with Crippen molar-refractivity contribution in [2.24, 2.45) is 0 Å². The summed E-state index contributed by atoms with van der Waals surface area (Å²) in [5, 5.41) is 4.37. The fourth-order valence-corrected chi connectivity index (χ4v) is 2.87. The number of nitrogens with zero attached hydrogens (tertiary/aromatic N) is 4. The Kier molecular flexibility index (Phi) is 3.70. The van der Waals surface area contributed by atoms with E-state index < -0.39 is 0 Å². The van der Waals surface area contributed by atoms with Gasteiger partial charge in [0.25, 0.3) is 0 Å². The number of ether oxygens (including phenoxy) is 1. The smallest absolute Gasteiger partial charge is 0.414 e. The van der Waals surface area contributed by atoms with Crippen LogP contribution in [0, 0.1) is 0 Å². The number of cyclic esters (lactones) is 1. The van der Waals surface area contributed by atoms with Crippen LogP contribution in [0.4, 0.5) is 10.5 Å². The van der Waals surface area contributed by atoms with Crippen LogP contribution < -0.4 is 4.90 Å². The number of hydrogen-bond acceptors (Lipinski definition) is 4. The van der Waals surface area contributed by atoms with Crippen LogP contribution in [0.25, 0.3) is 11.3 Å². The molecule has 6 nitrogen and oxygen atoms in total. The Labute approximate surface area is 139 Å². The lowest BCUT2D eigenvalue weighted by atomic mass is 10.2. The number of carbonyl (C=O) groups is 1.